The zero-order chi connectivity index (χ0) is 16.6. The summed E-state index contributed by atoms with van der Waals surface area (Å²) in [4.78, 5) is 10.0. The van der Waals surface area contributed by atoms with Gasteiger partial charge in [-0.25, -0.2) is 8.78 Å². The highest BCUT2D eigenvalue weighted by atomic mass is 35.5. The number of nitrogens with zero attached hydrogens (tertiary/aromatic N) is 5. The number of benzene rings is 1. The van der Waals surface area contributed by atoms with Crippen LogP contribution in [0.1, 0.15) is 13.8 Å². The standard InChI is InChI=1S/C15H14ClF2N5/c1-3-22(4-2)14-12(11-9(17)6-5-7-10(11)18)13(16)21-15-19-8-20-23(14)15/h5-8H,3-4H2,1-2H3. The maximum Gasteiger partial charge on any atom is 0.255 e. The van der Waals surface area contributed by atoms with E-state index in [1.165, 1.54) is 29.0 Å². The lowest BCUT2D eigenvalue weighted by Gasteiger charge is -2.25. The Bertz CT molecular complexity index is 840. The average molecular weight is 338 g/mol. The molecule has 2 heterocycles. The van der Waals surface area contributed by atoms with Crippen LogP contribution >= 0.6 is 11.6 Å². The van der Waals surface area contributed by atoms with E-state index in [-0.39, 0.29) is 22.1 Å². The van der Waals surface area contributed by atoms with Crippen molar-refractivity contribution in [2.45, 2.75) is 13.8 Å². The minimum absolute atomic E-state index is 0.0172. The van der Waals surface area contributed by atoms with Crippen LogP contribution in [0.4, 0.5) is 14.6 Å². The number of anilines is 1. The van der Waals surface area contributed by atoms with Gasteiger partial charge in [0.15, 0.2) is 0 Å². The Balaban J connectivity index is 2.44. The molecule has 0 bridgehead atoms. The molecule has 0 unspecified atom stereocenters. The van der Waals surface area contributed by atoms with Crippen molar-refractivity contribution in [3.63, 3.8) is 0 Å². The van der Waals surface area contributed by atoms with Gasteiger partial charge in [0.25, 0.3) is 5.78 Å². The van der Waals surface area contributed by atoms with Crippen LogP contribution in [-0.2, 0) is 0 Å². The van der Waals surface area contributed by atoms with E-state index in [2.05, 4.69) is 15.1 Å². The molecule has 8 heteroatoms. The maximum absolute atomic E-state index is 14.3. The highest BCUT2D eigenvalue weighted by molar-refractivity contribution is 6.33. The van der Waals surface area contributed by atoms with Gasteiger partial charge in [-0.15, -0.1) is 0 Å². The van der Waals surface area contributed by atoms with E-state index in [0.717, 1.165) is 0 Å². The van der Waals surface area contributed by atoms with Gasteiger partial charge in [0, 0.05) is 13.1 Å². The van der Waals surface area contributed by atoms with Crippen molar-refractivity contribution in [3.05, 3.63) is 41.3 Å². The smallest absolute Gasteiger partial charge is 0.255 e. The van der Waals surface area contributed by atoms with E-state index < -0.39 is 11.6 Å². The second kappa shape index (κ2) is 6.08. The number of hydrogen-bond donors (Lipinski definition) is 0. The van der Waals surface area contributed by atoms with Crippen molar-refractivity contribution in [2.75, 3.05) is 18.0 Å². The Morgan fingerprint density at radius 1 is 1.13 bits per heavy atom. The average Bonchev–Trinajstić information content (AvgIpc) is 2.97. The van der Waals surface area contributed by atoms with Crippen molar-refractivity contribution in [1.29, 1.82) is 0 Å². The van der Waals surface area contributed by atoms with Gasteiger partial charge in [-0.3, -0.25) is 0 Å². The summed E-state index contributed by atoms with van der Waals surface area (Å²) in [7, 11) is 0. The predicted octanol–water partition coefficient (Wildman–Crippen LogP) is 3.57. The van der Waals surface area contributed by atoms with Gasteiger partial charge < -0.3 is 4.90 Å². The molecule has 0 aliphatic carbocycles. The summed E-state index contributed by atoms with van der Waals surface area (Å²) in [5.41, 5.74) is -0.0479. The topological polar surface area (TPSA) is 46.3 Å². The van der Waals surface area contributed by atoms with Gasteiger partial charge >= 0.3 is 0 Å². The first kappa shape index (κ1) is 15.6. The monoisotopic (exact) mass is 337 g/mol. The van der Waals surface area contributed by atoms with Crippen LogP contribution < -0.4 is 4.90 Å². The Morgan fingerprint density at radius 3 is 2.39 bits per heavy atom. The Labute approximate surface area is 136 Å². The van der Waals surface area contributed by atoms with Gasteiger partial charge in [-0.1, -0.05) is 17.7 Å². The zero-order valence-corrected chi connectivity index (χ0v) is 13.3. The van der Waals surface area contributed by atoms with Crippen LogP contribution in [0, 0.1) is 11.6 Å². The minimum Gasteiger partial charge on any atom is -0.356 e. The predicted molar refractivity (Wildman–Crippen MR) is 84.7 cm³/mol. The second-order valence-corrected chi connectivity index (χ2v) is 5.20. The van der Waals surface area contributed by atoms with Gasteiger partial charge in [0.2, 0.25) is 0 Å². The molecule has 0 N–H and O–H groups in total. The quantitative estimate of drug-likeness (QED) is 0.683. The van der Waals surface area contributed by atoms with Crippen LogP contribution in [0.5, 0.6) is 0 Å². The van der Waals surface area contributed by atoms with Crippen LogP contribution in [0.15, 0.2) is 24.5 Å². The van der Waals surface area contributed by atoms with Crippen LogP contribution in [0.2, 0.25) is 5.15 Å². The summed E-state index contributed by atoms with van der Waals surface area (Å²) in [6.45, 7) is 5.08. The molecule has 0 saturated heterocycles. The fourth-order valence-corrected chi connectivity index (χ4v) is 2.82. The largest absolute Gasteiger partial charge is 0.356 e. The summed E-state index contributed by atoms with van der Waals surface area (Å²) >= 11 is 6.25. The number of hydrogen-bond acceptors (Lipinski definition) is 4. The second-order valence-electron chi connectivity index (χ2n) is 4.84. The molecule has 0 fully saturated rings. The molecule has 3 aromatic rings. The molecule has 23 heavy (non-hydrogen) atoms. The highest BCUT2D eigenvalue weighted by Crippen LogP contribution is 2.38. The molecule has 2 aromatic heterocycles. The first-order valence-corrected chi connectivity index (χ1v) is 7.54. The van der Waals surface area contributed by atoms with Gasteiger partial charge in [0.05, 0.1) is 11.1 Å². The van der Waals surface area contributed by atoms with E-state index in [4.69, 9.17) is 11.6 Å². The van der Waals surface area contributed by atoms with E-state index in [9.17, 15) is 8.78 Å². The third kappa shape index (κ3) is 2.50. The molecule has 0 spiro atoms. The lowest BCUT2D eigenvalue weighted by Crippen LogP contribution is -2.26. The van der Waals surface area contributed by atoms with E-state index in [0.29, 0.717) is 18.9 Å². The first-order chi connectivity index (χ1) is 11.1. The fourth-order valence-electron chi connectivity index (χ4n) is 2.57. The van der Waals surface area contributed by atoms with Gasteiger partial charge in [0.1, 0.15) is 28.9 Å². The van der Waals surface area contributed by atoms with Crippen molar-refractivity contribution in [3.8, 4) is 11.1 Å². The molecule has 5 nitrogen and oxygen atoms in total. The van der Waals surface area contributed by atoms with Crippen molar-refractivity contribution in [2.24, 2.45) is 0 Å². The lowest BCUT2D eigenvalue weighted by molar-refractivity contribution is 0.589. The van der Waals surface area contributed by atoms with Crippen molar-refractivity contribution in [1.82, 2.24) is 19.6 Å². The molecular weight excluding hydrogens is 324 g/mol. The maximum atomic E-state index is 14.3. The molecule has 0 aliphatic rings. The molecular formula is C15H14ClF2N5. The molecule has 0 aliphatic heterocycles. The van der Waals surface area contributed by atoms with E-state index in [1.807, 2.05) is 18.7 Å². The Hall–Kier alpha value is -2.28. The van der Waals surface area contributed by atoms with E-state index in [1.54, 1.807) is 0 Å². The first-order valence-electron chi connectivity index (χ1n) is 7.17. The number of aromatic nitrogens is 4. The summed E-state index contributed by atoms with van der Waals surface area (Å²) < 4.78 is 30.1. The molecule has 1 aromatic carbocycles. The van der Waals surface area contributed by atoms with Crippen molar-refractivity contribution < 1.29 is 8.78 Å². The summed E-state index contributed by atoms with van der Waals surface area (Å²) in [5, 5.41) is 4.10. The third-order valence-corrected chi connectivity index (χ3v) is 3.91. The highest BCUT2D eigenvalue weighted by Gasteiger charge is 2.25. The lowest BCUT2D eigenvalue weighted by atomic mass is 10.1. The Kier molecular flexibility index (Phi) is 4.12. The molecule has 0 saturated carbocycles. The fraction of sp³-hybridized carbons (Fsp3) is 0.267. The normalized spacial score (nSPS) is 11.2. The SMILES string of the molecule is CCN(CC)c1c(-c2c(F)cccc2F)c(Cl)nc2ncnn12. The molecule has 120 valence electrons. The third-order valence-electron chi connectivity index (χ3n) is 3.63. The molecule has 3 rings (SSSR count). The van der Waals surface area contributed by atoms with Crippen molar-refractivity contribution >= 4 is 23.2 Å². The Morgan fingerprint density at radius 2 is 1.78 bits per heavy atom. The molecule has 0 atom stereocenters. The zero-order valence-electron chi connectivity index (χ0n) is 12.6. The number of fused-ring (bicyclic) bond motifs is 1. The molecule has 0 radical (unpaired) electrons. The summed E-state index contributed by atoms with van der Waals surface area (Å²) in [5.74, 6) is -0.674. The van der Waals surface area contributed by atoms with Gasteiger partial charge in [-0.2, -0.15) is 19.6 Å². The van der Waals surface area contributed by atoms with Gasteiger partial charge in [-0.05, 0) is 26.0 Å². The van der Waals surface area contributed by atoms with E-state index >= 15 is 0 Å². The number of halogens is 3. The summed E-state index contributed by atoms with van der Waals surface area (Å²) in [6, 6.07) is 3.68. The van der Waals surface area contributed by atoms with Crippen LogP contribution in [0.3, 0.4) is 0 Å². The van der Waals surface area contributed by atoms with Crippen LogP contribution in [0.25, 0.3) is 16.9 Å². The minimum atomic E-state index is -0.707. The summed E-state index contributed by atoms with van der Waals surface area (Å²) in [6.07, 6.45) is 1.33. The van der Waals surface area contributed by atoms with Crippen LogP contribution in [-0.4, -0.2) is 32.7 Å². The molecule has 0 amide bonds. The number of rotatable bonds is 4.